The van der Waals surface area contributed by atoms with E-state index in [1.54, 1.807) is 32.9 Å². The van der Waals surface area contributed by atoms with Crippen LogP contribution in [0.2, 0.25) is 5.02 Å². The van der Waals surface area contributed by atoms with Crippen molar-refractivity contribution in [1.29, 1.82) is 0 Å². The summed E-state index contributed by atoms with van der Waals surface area (Å²) in [5.41, 5.74) is 6.99. The molecule has 1 saturated heterocycles. The first kappa shape index (κ1) is 21.7. The number of carbonyl (C=O) groups excluding carboxylic acids is 2. The van der Waals surface area contributed by atoms with Gasteiger partial charge >= 0.3 is 0 Å². The average molecular weight is 396 g/mol. The maximum atomic E-state index is 12.8. The molecule has 6 nitrogen and oxygen atoms in total. The van der Waals surface area contributed by atoms with Crippen molar-refractivity contribution in [3.8, 4) is 0 Å². The van der Waals surface area contributed by atoms with Crippen molar-refractivity contribution < 1.29 is 14.7 Å². The molecular formula is C20H30ClN3O3. The second-order valence-electron chi connectivity index (χ2n) is 8.24. The number of nitrogens with zero attached hydrogens (tertiary/aromatic N) is 1. The van der Waals surface area contributed by atoms with Gasteiger partial charge in [0.2, 0.25) is 5.91 Å². The topological polar surface area (TPSA) is 95.7 Å². The van der Waals surface area contributed by atoms with Crippen molar-refractivity contribution in [2.24, 2.45) is 11.1 Å². The molecule has 1 fully saturated rings. The van der Waals surface area contributed by atoms with Crippen molar-refractivity contribution in [1.82, 2.24) is 10.2 Å². The third-order valence-electron chi connectivity index (χ3n) is 5.05. The van der Waals surface area contributed by atoms with Crippen LogP contribution in [0.4, 0.5) is 0 Å². The molecule has 2 amide bonds. The number of carbonyl (C=O) groups is 2. The highest BCUT2D eigenvalue weighted by atomic mass is 35.5. The Labute approximate surface area is 166 Å². The molecule has 1 aliphatic rings. The van der Waals surface area contributed by atoms with E-state index in [1.807, 2.05) is 13.0 Å². The van der Waals surface area contributed by atoms with E-state index in [-0.39, 0.29) is 11.9 Å². The summed E-state index contributed by atoms with van der Waals surface area (Å²) in [4.78, 5) is 27.0. The zero-order chi connectivity index (χ0) is 20.4. The van der Waals surface area contributed by atoms with Crippen molar-refractivity contribution in [2.75, 3.05) is 6.54 Å². The van der Waals surface area contributed by atoms with Gasteiger partial charge in [0.15, 0.2) is 0 Å². The Morgan fingerprint density at radius 3 is 2.67 bits per heavy atom. The van der Waals surface area contributed by atoms with Crippen molar-refractivity contribution in [3.05, 3.63) is 34.3 Å². The number of benzene rings is 1. The molecule has 27 heavy (non-hydrogen) atoms. The second-order valence-corrected chi connectivity index (χ2v) is 8.67. The monoisotopic (exact) mass is 395 g/mol. The number of nitrogens with two attached hydrogens (primary N) is 1. The maximum Gasteiger partial charge on any atom is 0.252 e. The van der Waals surface area contributed by atoms with E-state index in [0.717, 1.165) is 17.5 Å². The SMILES string of the molecule is CC(NC(=O)[C@@H]1CCCN1C(=O)[C@H](O)C(C)(C)C)c1cc(Cl)ccc1CN. The lowest BCUT2D eigenvalue weighted by atomic mass is 9.88. The normalized spacial score (nSPS) is 19.7. The second kappa shape index (κ2) is 8.59. The average Bonchev–Trinajstić information content (AvgIpc) is 3.09. The van der Waals surface area contributed by atoms with Gasteiger partial charge in [-0.1, -0.05) is 38.4 Å². The fourth-order valence-corrected chi connectivity index (χ4v) is 3.55. The molecule has 0 spiro atoms. The van der Waals surface area contributed by atoms with Crippen LogP contribution < -0.4 is 11.1 Å². The Hall–Kier alpha value is -1.63. The summed E-state index contributed by atoms with van der Waals surface area (Å²) in [6.45, 7) is 8.10. The van der Waals surface area contributed by atoms with Gasteiger partial charge in [-0.3, -0.25) is 9.59 Å². The summed E-state index contributed by atoms with van der Waals surface area (Å²) in [5, 5.41) is 13.9. The number of rotatable bonds is 5. The van der Waals surface area contributed by atoms with Crippen LogP contribution >= 0.6 is 11.6 Å². The van der Waals surface area contributed by atoms with Gasteiger partial charge in [-0.05, 0) is 48.4 Å². The molecule has 0 bridgehead atoms. The molecule has 1 aromatic rings. The molecule has 1 unspecified atom stereocenters. The van der Waals surface area contributed by atoms with Gasteiger partial charge in [0.1, 0.15) is 12.1 Å². The van der Waals surface area contributed by atoms with Crippen LogP contribution in [-0.4, -0.2) is 40.5 Å². The molecule has 1 heterocycles. The molecule has 7 heteroatoms. The number of aliphatic hydroxyl groups is 1. The highest BCUT2D eigenvalue weighted by Gasteiger charge is 2.40. The first-order valence-electron chi connectivity index (χ1n) is 9.33. The lowest BCUT2D eigenvalue weighted by Crippen LogP contribution is -2.52. The van der Waals surface area contributed by atoms with Gasteiger partial charge in [-0.25, -0.2) is 0 Å². The minimum absolute atomic E-state index is 0.225. The van der Waals surface area contributed by atoms with Gasteiger partial charge < -0.3 is 21.1 Å². The molecule has 0 radical (unpaired) electrons. The fourth-order valence-electron chi connectivity index (χ4n) is 3.37. The molecule has 1 aromatic carbocycles. The molecule has 0 aliphatic carbocycles. The van der Waals surface area contributed by atoms with E-state index in [0.29, 0.717) is 24.5 Å². The van der Waals surface area contributed by atoms with Crippen LogP contribution in [0.15, 0.2) is 18.2 Å². The summed E-state index contributed by atoms with van der Waals surface area (Å²) in [7, 11) is 0. The first-order valence-corrected chi connectivity index (χ1v) is 9.71. The summed E-state index contributed by atoms with van der Waals surface area (Å²) in [5.74, 6) is -0.615. The number of amides is 2. The number of likely N-dealkylation sites (tertiary alicyclic amines) is 1. The summed E-state index contributed by atoms with van der Waals surface area (Å²) < 4.78 is 0. The van der Waals surface area contributed by atoms with E-state index in [4.69, 9.17) is 17.3 Å². The number of hydrogen-bond acceptors (Lipinski definition) is 4. The predicted molar refractivity (Wildman–Crippen MR) is 106 cm³/mol. The quantitative estimate of drug-likeness (QED) is 0.713. The Morgan fingerprint density at radius 2 is 2.07 bits per heavy atom. The molecule has 4 N–H and O–H groups in total. The molecule has 3 atom stereocenters. The number of halogens is 1. The molecule has 150 valence electrons. The minimum Gasteiger partial charge on any atom is -0.383 e. The van der Waals surface area contributed by atoms with Gasteiger partial charge in [0.25, 0.3) is 5.91 Å². The third kappa shape index (κ3) is 5.00. The number of aliphatic hydroxyl groups excluding tert-OH is 1. The van der Waals surface area contributed by atoms with Gasteiger partial charge in [-0.15, -0.1) is 0 Å². The Balaban J connectivity index is 2.13. The lowest BCUT2D eigenvalue weighted by molar-refractivity contribution is -0.150. The van der Waals surface area contributed by atoms with Crippen LogP contribution in [0.3, 0.4) is 0 Å². The largest absolute Gasteiger partial charge is 0.383 e. The first-order chi connectivity index (χ1) is 12.6. The van der Waals surface area contributed by atoms with E-state index in [1.165, 1.54) is 4.90 Å². The summed E-state index contributed by atoms with van der Waals surface area (Å²) in [6.07, 6.45) is 0.181. The molecule has 1 aliphatic heterocycles. The zero-order valence-electron chi connectivity index (χ0n) is 16.5. The van der Waals surface area contributed by atoms with Crippen LogP contribution in [0, 0.1) is 5.41 Å². The molecule has 0 saturated carbocycles. The highest BCUT2D eigenvalue weighted by molar-refractivity contribution is 6.30. The van der Waals surface area contributed by atoms with Crippen LogP contribution in [-0.2, 0) is 16.1 Å². The Morgan fingerprint density at radius 1 is 1.41 bits per heavy atom. The van der Waals surface area contributed by atoms with E-state index < -0.39 is 23.5 Å². The summed E-state index contributed by atoms with van der Waals surface area (Å²) >= 11 is 6.09. The van der Waals surface area contributed by atoms with E-state index in [2.05, 4.69) is 5.32 Å². The maximum absolute atomic E-state index is 12.8. The van der Waals surface area contributed by atoms with Crippen molar-refractivity contribution in [2.45, 2.75) is 65.3 Å². The van der Waals surface area contributed by atoms with E-state index in [9.17, 15) is 14.7 Å². The van der Waals surface area contributed by atoms with Gasteiger partial charge in [0, 0.05) is 18.1 Å². The van der Waals surface area contributed by atoms with Crippen LogP contribution in [0.25, 0.3) is 0 Å². The zero-order valence-corrected chi connectivity index (χ0v) is 17.2. The van der Waals surface area contributed by atoms with Crippen LogP contribution in [0.1, 0.15) is 57.7 Å². The number of hydrogen-bond donors (Lipinski definition) is 3. The Kier molecular flexibility index (Phi) is 6.89. The standard InChI is InChI=1S/C20H30ClN3O3/c1-12(15-10-14(21)8-7-13(15)11-22)23-18(26)16-6-5-9-24(16)19(27)17(25)20(2,3)4/h7-8,10,12,16-17,25H,5-6,9,11,22H2,1-4H3,(H,23,26)/t12?,16-,17-/m0/s1. The fraction of sp³-hybridized carbons (Fsp3) is 0.600. The molecule has 0 aromatic heterocycles. The number of nitrogens with one attached hydrogen (secondary N) is 1. The van der Waals surface area contributed by atoms with Crippen LogP contribution in [0.5, 0.6) is 0 Å². The Bertz CT molecular complexity index is 702. The third-order valence-corrected chi connectivity index (χ3v) is 5.28. The van der Waals surface area contributed by atoms with E-state index >= 15 is 0 Å². The highest BCUT2D eigenvalue weighted by Crippen LogP contribution is 2.27. The van der Waals surface area contributed by atoms with Crippen molar-refractivity contribution in [3.63, 3.8) is 0 Å². The predicted octanol–water partition coefficient (Wildman–Crippen LogP) is 2.37. The molecule has 2 rings (SSSR count). The van der Waals surface area contributed by atoms with Gasteiger partial charge in [-0.2, -0.15) is 0 Å². The lowest BCUT2D eigenvalue weighted by Gasteiger charge is -2.32. The smallest absolute Gasteiger partial charge is 0.252 e. The van der Waals surface area contributed by atoms with Gasteiger partial charge in [0.05, 0.1) is 6.04 Å². The van der Waals surface area contributed by atoms with Crippen molar-refractivity contribution >= 4 is 23.4 Å². The minimum atomic E-state index is -1.14. The molecular weight excluding hydrogens is 366 g/mol. The summed E-state index contributed by atoms with van der Waals surface area (Å²) in [6, 6.07) is 4.56.